The Morgan fingerprint density at radius 3 is 2.62 bits per heavy atom. The first-order chi connectivity index (χ1) is 13.9. The van der Waals surface area contributed by atoms with Crippen LogP contribution in [0.4, 0.5) is 5.82 Å². The number of carbonyl (C=O) groups is 3. The number of benzene rings is 1. The molecule has 0 radical (unpaired) electrons. The van der Waals surface area contributed by atoms with E-state index in [0.29, 0.717) is 0 Å². The number of pyridine rings is 1. The summed E-state index contributed by atoms with van der Waals surface area (Å²) >= 11 is 0. The van der Waals surface area contributed by atoms with E-state index >= 15 is 0 Å². The number of imide groups is 1. The van der Waals surface area contributed by atoms with E-state index in [-0.39, 0.29) is 46.5 Å². The van der Waals surface area contributed by atoms with E-state index in [9.17, 15) is 19.2 Å². The number of furan rings is 1. The third-order valence-corrected chi connectivity index (χ3v) is 4.30. The van der Waals surface area contributed by atoms with Gasteiger partial charge in [-0.2, -0.15) is 0 Å². The van der Waals surface area contributed by atoms with Gasteiger partial charge in [0.05, 0.1) is 16.8 Å². The van der Waals surface area contributed by atoms with Crippen molar-refractivity contribution in [3.8, 4) is 11.4 Å². The summed E-state index contributed by atoms with van der Waals surface area (Å²) in [5.74, 6) is -2.51. The fourth-order valence-corrected chi connectivity index (χ4v) is 3.01. The highest BCUT2D eigenvalue weighted by Gasteiger charge is 2.32. The molecule has 2 aromatic heterocycles. The Hall–Kier alpha value is -4.34. The maximum absolute atomic E-state index is 12.6. The van der Waals surface area contributed by atoms with Gasteiger partial charge < -0.3 is 20.0 Å². The second kappa shape index (κ2) is 6.68. The van der Waals surface area contributed by atoms with Crippen molar-refractivity contribution >= 4 is 23.6 Å². The highest BCUT2D eigenvalue weighted by atomic mass is 16.5. The second-order valence-corrected chi connectivity index (χ2v) is 6.10. The molecule has 3 heterocycles. The third-order valence-electron chi connectivity index (χ3n) is 4.30. The van der Waals surface area contributed by atoms with Crippen molar-refractivity contribution in [2.45, 2.75) is 6.61 Å². The zero-order chi connectivity index (χ0) is 20.7. The molecule has 2 amide bonds. The first kappa shape index (κ1) is 18.0. The molecule has 1 aliphatic rings. The second-order valence-electron chi connectivity index (χ2n) is 6.10. The maximum atomic E-state index is 12.6. The van der Waals surface area contributed by atoms with Crippen molar-refractivity contribution in [3.05, 3.63) is 75.5 Å². The summed E-state index contributed by atoms with van der Waals surface area (Å²) in [4.78, 5) is 47.3. The Bertz CT molecular complexity index is 1240. The summed E-state index contributed by atoms with van der Waals surface area (Å²) in [6, 6.07) is 10.2. The van der Waals surface area contributed by atoms with Crippen LogP contribution in [0.5, 0.6) is 5.75 Å². The van der Waals surface area contributed by atoms with E-state index in [2.05, 4.69) is 5.32 Å². The standard InChI is InChI=1S/C19H13N3O7/c20-16-15-10(17(24)21-18(15)25)7-14(23)22(16)11-3-1-2-4-12(11)28-8-9-5-6-13(29-9)19(26)27/h1-7H,8,20H2,(H,26,27)(H,21,24,25). The molecule has 0 spiro atoms. The molecular formula is C19H13N3O7. The number of carboxylic acid groups (broad SMARTS) is 1. The number of carbonyl (C=O) groups excluding carboxylic acids is 2. The maximum Gasteiger partial charge on any atom is 0.371 e. The molecule has 4 rings (SSSR count). The molecular weight excluding hydrogens is 382 g/mol. The van der Waals surface area contributed by atoms with E-state index in [0.717, 1.165) is 10.6 Å². The van der Waals surface area contributed by atoms with E-state index in [4.69, 9.17) is 20.0 Å². The summed E-state index contributed by atoms with van der Waals surface area (Å²) in [6.45, 7) is -0.108. The summed E-state index contributed by atoms with van der Waals surface area (Å²) in [6.07, 6.45) is 0. The minimum atomic E-state index is -1.21. The SMILES string of the molecule is Nc1c2c(cc(=O)n1-c1ccccc1OCc1ccc(C(=O)O)o1)C(=O)NC2=O. The molecule has 3 aromatic rings. The van der Waals surface area contributed by atoms with Crippen LogP contribution in [-0.2, 0) is 6.61 Å². The smallest absolute Gasteiger partial charge is 0.371 e. The van der Waals surface area contributed by atoms with Crippen molar-refractivity contribution in [1.82, 2.24) is 9.88 Å². The van der Waals surface area contributed by atoms with Gasteiger partial charge in [-0.3, -0.25) is 24.3 Å². The van der Waals surface area contributed by atoms with Crippen LogP contribution < -0.4 is 21.3 Å². The van der Waals surface area contributed by atoms with Crippen LogP contribution in [0.2, 0.25) is 0 Å². The van der Waals surface area contributed by atoms with Gasteiger partial charge in [-0.15, -0.1) is 0 Å². The number of hydrogen-bond acceptors (Lipinski definition) is 7. The summed E-state index contributed by atoms with van der Waals surface area (Å²) < 4.78 is 11.9. The number of carboxylic acids is 1. The average Bonchev–Trinajstić information content (AvgIpc) is 3.26. The van der Waals surface area contributed by atoms with E-state index in [1.807, 2.05) is 0 Å². The lowest BCUT2D eigenvalue weighted by atomic mass is 10.1. The Balaban J connectivity index is 1.73. The topological polar surface area (TPSA) is 154 Å². The largest absolute Gasteiger partial charge is 0.483 e. The summed E-state index contributed by atoms with van der Waals surface area (Å²) in [5.41, 5.74) is 5.51. The minimum Gasteiger partial charge on any atom is -0.483 e. The molecule has 146 valence electrons. The van der Waals surface area contributed by atoms with Gasteiger partial charge in [-0.05, 0) is 24.3 Å². The zero-order valence-corrected chi connectivity index (χ0v) is 14.7. The molecule has 4 N–H and O–H groups in total. The number of aromatic nitrogens is 1. The average molecular weight is 395 g/mol. The van der Waals surface area contributed by atoms with Gasteiger partial charge in [0.25, 0.3) is 17.4 Å². The molecule has 0 unspecified atom stereocenters. The molecule has 0 bridgehead atoms. The van der Waals surface area contributed by atoms with Crippen LogP contribution in [0.15, 0.2) is 51.7 Å². The van der Waals surface area contributed by atoms with Crippen LogP contribution in [0.25, 0.3) is 5.69 Å². The Labute approximate surface area is 162 Å². The Kier molecular flexibility index (Phi) is 4.15. The molecule has 29 heavy (non-hydrogen) atoms. The monoisotopic (exact) mass is 395 g/mol. The third kappa shape index (κ3) is 3.02. The predicted octanol–water partition coefficient (Wildman–Crippen LogP) is 1.17. The molecule has 1 aliphatic heterocycles. The molecule has 0 saturated carbocycles. The first-order valence-electron chi connectivity index (χ1n) is 8.32. The van der Waals surface area contributed by atoms with Gasteiger partial charge in [0, 0.05) is 6.07 Å². The van der Waals surface area contributed by atoms with Crippen molar-refractivity contribution in [2.75, 3.05) is 5.73 Å². The summed E-state index contributed by atoms with van der Waals surface area (Å²) in [5, 5.41) is 11.0. The first-order valence-corrected chi connectivity index (χ1v) is 8.32. The number of nitrogen functional groups attached to an aromatic ring is 1. The number of rotatable bonds is 5. The van der Waals surface area contributed by atoms with Gasteiger partial charge in [-0.1, -0.05) is 12.1 Å². The van der Waals surface area contributed by atoms with Crippen LogP contribution in [0.1, 0.15) is 37.0 Å². The van der Waals surface area contributed by atoms with Gasteiger partial charge in [0.15, 0.2) is 0 Å². The molecule has 1 aromatic carbocycles. The number of para-hydroxylation sites is 2. The quantitative estimate of drug-likeness (QED) is 0.544. The van der Waals surface area contributed by atoms with Crippen LogP contribution in [-0.4, -0.2) is 27.5 Å². The van der Waals surface area contributed by atoms with Gasteiger partial charge in [0.1, 0.15) is 23.9 Å². The van der Waals surface area contributed by atoms with Gasteiger partial charge >= 0.3 is 5.97 Å². The Morgan fingerprint density at radius 2 is 1.90 bits per heavy atom. The molecule has 0 atom stereocenters. The highest BCUT2D eigenvalue weighted by Crippen LogP contribution is 2.28. The van der Waals surface area contributed by atoms with Gasteiger partial charge in [-0.25, -0.2) is 4.79 Å². The highest BCUT2D eigenvalue weighted by molar-refractivity contribution is 6.23. The molecule has 0 fully saturated rings. The summed E-state index contributed by atoms with van der Waals surface area (Å²) in [7, 11) is 0. The number of hydrogen-bond donors (Lipinski definition) is 3. The fourth-order valence-electron chi connectivity index (χ4n) is 3.01. The number of nitrogens with zero attached hydrogens (tertiary/aromatic N) is 1. The van der Waals surface area contributed by atoms with Crippen molar-refractivity contribution in [2.24, 2.45) is 0 Å². The van der Waals surface area contributed by atoms with Gasteiger partial charge in [0.2, 0.25) is 5.76 Å². The van der Waals surface area contributed by atoms with Crippen molar-refractivity contribution < 1.29 is 28.6 Å². The Morgan fingerprint density at radius 1 is 1.14 bits per heavy atom. The number of amides is 2. The molecule has 0 saturated heterocycles. The van der Waals surface area contributed by atoms with E-state index in [1.165, 1.54) is 12.1 Å². The van der Waals surface area contributed by atoms with Crippen molar-refractivity contribution in [1.29, 1.82) is 0 Å². The van der Waals surface area contributed by atoms with Crippen molar-refractivity contribution in [3.63, 3.8) is 0 Å². The lowest BCUT2D eigenvalue weighted by Crippen LogP contribution is -2.24. The number of nitrogens with two attached hydrogens (primary N) is 1. The molecule has 10 nitrogen and oxygen atoms in total. The lowest BCUT2D eigenvalue weighted by Gasteiger charge is -2.15. The van der Waals surface area contributed by atoms with Crippen LogP contribution in [0, 0.1) is 0 Å². The molecule has 0 aliphatic carbocycles. The predicted molar refractivity (Wildman–Crippen MR) is 98.2 cm³/mol. The number of ether oxygens (including phenoxy) is 1. The van der Waals surface area contributed by atoms with E-state index in [1.54, 1.807) is 24.3 Å². The minimum absolute atomic E-state index is 0.0797. The number of anilines is 1. The van der Waals surface area contributed by atoms with Crippen LogP contribution in [0.3, 0.4) is 0 Å². The normalized spacial score (nSPS) is 12.6. The van der Waals surface area contributed by atoms with Crippen LogP contribution >= 0.6 is 0 Å². The fraction of sp³-hybridized carbons (Fsp3) is 0.0526. The van der Waals surface area contributed by atoms with E-state index < -0.39 is 23.3 Å². The number of nitrogens with one attached hydrogen (secondary N) is 1. The zero-order valence-electron chi connectivity index (χ0n) is 14.7. The number of fused-ring (bicyclic) bond motifs is 1. The lowest BCUT2D eigenvalue weighted by molar-refractivity contribution is 0.0657. The number of aromatic carboxylic acids is 1. The molecule has 10 heteroatoms.